The van der Waals surface area contributed by atoms with Crippen LogP contribution in [-0.4, -0.2) is 23.9 Å². The Balaban J connectivity index is 3.27. The summed E-state index contributed by atoms with van der Waals surface area (Å²) in [5, 5.41) is 10.7. The van der Waals surface area contributed by atoms with Gasteiger partial charge in [-0.25, -0.2) is 18.1 Å². The van der Waals surface area contributed by atoms with Gasteiger partial charge in [0.05, 0.1) is 4.92 Å². The number of sulfonamides is 1. The van der Waals surface area contributed by atoms with Crippen molar-refractivity contribution in [1.82, 2.24) is 9.71 Å². The molecule has 0 aliphatic heterocycles. The Labute approximate surface area is 104 Å². The van der Waals surface area contributed by atoms with E-state index in [-0.39, 0.29) is 10.7 Å². The molecule has 0 spiro atoms. The van der Waals surface area contributed by atoms with Gasteiger partial charge in [-0.2, -0.15) is 0 Å². The topological polar surface area (TPSA) is 128 Å². The molecule has 1 heterocycles. The van der Waals surface area contributed by atoms with Gasteiger partial charge in [0, 0.05) is 17.8 Å². The number of hydrogen-bond donors (Lipinski definition) is 2. The molecule has 9 heteroatoms. The van der Waals surface area contributed by atoms with Crippen LogP contribution in [0.25, 0.3) is 0 Å². The molecular formula is C9H14N4O4S. The van der Waals surface area contributed by atoms with Gasteiger partial charge in [-0.1, -0.05) is 0 Å². The lowest BCUT2D eigenvalue weighted by molar-refractivity contribution is -0.384. The number of pyridine rings is 1. The second kappa shape index (κ2) is 4.50. The number of aromatic nitrogens is 1. The van der Waals surface area contributed by atoms with Crippen LogP contribution in [0.1, 0.15) is 20.8 Å². The minimum Gasteiger partial charge on any atom is -0.378 e. The smallest absolute Gasteiger partial charge is 0.312 e. The lowest BCUT2D eigenvalue weighted by atomic mass is 10.1. The monoisotopic (exact) mass is 274 g/mol. The first-order valence-electron chi connectivity index (χ1n) is 4.97. The predicted octanol–water partition coefficient (Wildman–Crippen LogP) is 0.649. The van der Waals surface area contributed by atoms with Crippen LogP contribution in [0.15, 0.2) is 17.2 Å². The Hall–Kier alpha value is -1.74. The first-order chi connectivity index (χ1) is 8.03. The van der Waals surface area contributed by atoms with E-state index in [9.17, 15) is 18.5 Å². The molecule has 100 valence electrons. The molecule has 1 aromatic rings. The molecule has 1 aromatic heterocycles. The third-order valence-corrected chi connectivity index (χ3v) is 3.54. The van der Waals surface area contributed by atoms with Crippen LogP contribution < -0.4 is 10.5 Å². The summed E-state index contributed by atoms with van der Waals surface area (Å²) in [4.78, 5) is 13.1. The highest BCUT2D eigenvalue weighted by molar-refractivity contribution is 7.89. The second-order valence-electron chi connectivity index (χ2n) is 4.69. The number of nitrogen functional groups attached to an aromatic ring is 1. The Morgan fingerprint density at radius 2 is 2.00 bits per heavy atom. The van der Waals surface area contributed by atoms with Crippen molar-refractivity contribution in [3.8, 4) is 0 Å². The van der Waals surface area contributed by atoms with E-state index < -0.39 is 26.2 Å². The third-order valence-electron chi connectivity index (χ3n) is 1.82. The number of anilines is 1. The van der Waals surface area contributed by atoms with Gasteiger partial charge in [0.25, 0.3) is 0 Å². The van der Waals surface area contributed by atoms with Crippen LogP contribution in [0, 0.1) is 10.1 Å². The molecule has 0 aliphatic carbocycles. The van der Waals surface area contributed by atoms with Gasteiger partial charge in [0.15, 0.2) is 0 Å². The van der Waals surface area contributed by atoms with Crippen LogP contribution >= 0.6 is 0 Å². The first-order valence-corrected chi connectivity index (χ1v) is 6.45. The van der Waals surface area contributed by atoms with Gasteiger partial charge in [-0.3, -0.25) is 10.1 Å². The number of nitrogens with two attached hydrogens (primary N) is 1. The Kier molecular flexibility index (Phi) is 3.58. The zero-order valence-electron chi connectivity index (χ0n) is 10.2. The molecule has 3 N–H and O–H groups in total. The van der Waals surface area contributed by atoms with Gasteiger partial charge in [-0.15, -0.1) is 0 Å². The minimum atomic E-state index is -3.86. The van der Waals surface area contributed by atoms with E-state index in [0.717, 1.165) is 12.3 Å². The van der Waals surface area contributed by atoms with Crippen molar-refractivity contribution in [1.29, 1.82) is 0 Å². The van der Waals surface area contributed by atoms with Crippen LogP contribution in [0.3, 0.4) is 0 Å². The number of nitro groups is 1. The summed E-state index contributed by atoms with van der Waals surface area (Å²) < 4.78 is 26.2. The Bertz CT molecular complexity index is 577. The highest BCUT2D eigenvalue weighted by Gasteiger charge is 2.25. The predicted molar refractivity (Wildman–Crippen MR) is 65.4 cm³/mol. The highest BCUT2D eigenvalue weighted by atomic mass is 32.2. The summed E-state index contributed by atoms with van der Waals surface area (Å²) in [5.74, 6) is -0.324. The summed E-state index contributed by atoms with van der Waals surface area (Å²) in [6.07, 6.45) is 0.983. The molecule has 0 saturated carbocycles. The van der Waals surface area contributed by atoms with Crippen molar-refractivity contribution in [2.45, 2.75) is 31.2 Å². The molecule has 18 heavy (non-hydrogen) atoms. The van der Waals surface area contributed by atoms with Crippen LogP contribution in [-0.2, 0) is 10.0 Å². The molecule has 1 rings (SSSR count). The zero-order chi connectivity index (χ0) is 14.1. The summed E-state index contributed by atoms with van der Waals surface area (Å²) in [6, 6.07) is 0.885. The Morgan fingerprint density at radius 3 is 2.44 bits per heavy atom. The third kappa shape index (κ3) is 3.37. The molecule has 0 saturated heterocycles. The van der Waals surface area contributed by atoms with Gasteiger partial charge in [-0.05, 0) is 20.8 Å². The standard InChI is InChI=1S/C9H14N4O4S/c1-9(2,3)12-18(16,17)6-4-7(13(14)15)8(10)11-5-6/h4-5,12H,1-3H3,(H2,10,11). The largest absolute Gasteiger partial charge is 0.378 e. The van der Waals surface area contributed by atoms with Crippen molar-refractivity contribution in [3.63, 3.8) is 0 Å². The second-order valence-corrected chi connectivity index (χ2v) is 6.37. The van der Waals surface area contributed by atoms with Crippen molar-refractivity contribution in [2.75, 3.05) is 5.73 Å². The molecule has 0 aliphatic rings. The molecule has 0 bridgehead atoms. The van der Waals surface area contributed by atoms with E-state index in [4.69, 9.17) is 5.73 Å². The molecule has 0 radical (unpaired) electrons. The fourth-order valence-corrected chi connectivity index (χ4v) is 2.58. The molecule has 0 atom stereocenters. The maximum absolute atomic E-state index is 11.9. The van der Waals surface area contributed by atoms with Crippen molar-refractivity contribution in [3.05, 3.63) is 22.4 Å². The van der Waals surface area contributed by atoms with E-state index in [1.807, 2.05) is 0 Å². The average molecular weight is 274 g/mol. The molecule has 0 unspecified atom stereocenters. The number of nitrogens with one attached hydrogen (secondary N) is 1. The van der Waals surface area contributed by atoms with Crippen LogP contribution in [0.5, 0.6) is 0 Å². The maximum Gasteiger partial charge on any atom is 0.312 e. The lowest BCUT2D eigenvalue weighted by Crippen LogP contribution is -2.40. The van der Waals surface area contributed by atoms with E-state index in [1.54, 1.807) is 20.8 Å². The van der Waals surface area contributed by atoms with E-state index in [0.29, 0.717) is 0 Å². The van der Waals surface area contributed by atoms with Gasteiger partial charge < -0.3 is 5.73 Å². The summed E-state index contributed by atoms with van der Waals surface area (Å²) >= 11 is 0. The van der Waals surface area contributed by atoms with Crippen molar-refractivity contribution < 1.29 is 13.3 Å². The lowest BCUT2D eigenvalue weighted by Gasteiger charge is -2.20. The molecule has 0 fully saturated rings. The molecular weight excluding hydrogens is 260 g/mol. The van der Waals surface area contributed by atoms with Crippen molar-refractivity contribution in [2.24, 2.45) is 0 Å². The number of nitrogens with zero attached hydrogens (tertiary/aromatic N) is 2. The van der Waals surface area contributed by atoms with Gasteiger partial charge in [0.1, 0.15) is 4.90 Å². The van der Waals surface area contributed by atoms with Crippen LogP contribution in [0.4, 0.5) is 11.5 Å². The zero-order valence-corrected chi connectivity index (χ0v) is 11.0. The minimum absolute atomic E-state index is 0.293. The SMILES string of the molecule is CC(C)(C)NS(=O)(=O)c1cnc(N)c([N+](=O)[O-])c1. The van der Waals surface area contributed by atoms with Crippen molar-refractivity contribution >= 4 is 21.5 Å². The quantitative estimate of drug-likeness (QED) is 0.615. The highest BCUT2D eigenvalue weighted by Crippen LogP contribution is 2.22. The Morgan fingerprint density at radius 1 is 1.44 bits per heavy atom. The van der Waals surface area contributed by atoms with E-state index in [2.05, 4.69) is 9.71 Å². The molecule has 8 nitrogen and oxygen atoms in total. The molecule has 0 aromatic carbocycles. The van der Waals surface area contributed by atoms with E-state index in [1.165, 1.54) is 0 Å². The first kappa shape index (κ1) is 14.3. The summed E-state index contributed by atoms with van der Waals surface area (Å²) in [7, 11) is -3.86. The maximum atomic E-state index is 11.9. The van der Waals surface area contributed by atoms with Gasteiger partial charge in [0.2, 0.25) is 15.8 Å². The summed E-state index contributed by atoms with van der Waals surface area (Å²) in [5.41, 5.74) is 4.06. The summed E-state index contributed by atoms with van der Waals surface area (Å²) in [6.45, 7) is 4.97. The normalized spacial score (nSPS) is 12.4. The molecule has 0 amide bonds. The fourth-order valence-electron chi connectivity index (χ4n) is 1.20. The average Bonchev–Trinajstić information content (AvgIpc) is 2.13. The fraction of sp³-hybridized carbons (Fsp3) is 0.444. The van der Waals surface area contributed by atoms with Gasteiger partial charge >= 0.3 is 5.69 Å². The number of rotatable bonds is 3. The number of hydrogen-bond acceptors (Lipinski definition) is 6. The van der Waals surface area contributed by atoms with E-state index >= 15 is 0 Å². The van der Waals surface area contributed by atoms with Crippen LogP contribution in [0.2, 0.25) is 0 Å².